The molecular weight excluding hydrogens is 357 g/mol. The zero-order valence-corrected chi connectivity index (χ0v) is 14.9. The van der Waals surface area contributed by atoms with Crippen molar-refractivity contribution in [3.05, 3.63) is 54.2 Å². The molecule has 0 radical (unpaired) electrons. The van der Waals surface area contributed by atoms with Gasteiger partial charge in [0.2, 0.25) is 0 Å². The van der Waals surface area contributed by atoms with Crippen LogP contribution in [0.4, 0.5) is 29.5 Å². The summed E-state index contributed by atoms with van der Waals surface area (Å²) in [5, 5.41) is 2.40. The van der Waals surface area contributed by atoms with Gasteiger partial charge >= 0.3 is 12.2 Å². The number of benzene rings is 1. The normalized spacial score (nSPS) is 15.5. The van der Waals surface area contributed by atoms with Gasteiger partial charge in [-0.1, -0.05) is 18.2 Å². The van der Waals surface area contributed by atoms with E-state index in [-0.39, 0.29) is 11.7 Å². The molecule has 0 bridgehead atoms. The van der Waals surface area contributed by atoms with Crippen molar-refractivity contribution >= 4 is 17.5 Å². The molecule has 2 aromatic rings. The fourth-order valence-electron chi connectivity index (χ4n) is 3.23. The van der Waals surface area contributed by atoms with Crippen LogP contribution in [-0.4, -0.2) is 42.1 Å². The average molecular weight is 378 g/mol. The number of rotatable bonds is 3. The van der Waals surface area contributed by atoms with Gasteiger partial charge in [0, 0.05) is 32.4 Å². The van der Waals surface area contributed by atoms with E-state index in [1.807, 2.05) is 18.2 Å². The van der Waals surface area contributed by atoms with Crippen LogP contribution in [0.5, 0.6) is 0 Å². The van der Waals surface area contributed by atoms with Gasteiger partial charge in [0.1, 0.15) is 5.82 Å². The SMILES string of the molecule is CN(C(=O)Nc1ccccc1C(F)(F)F)C1CCN(c2ccccn2)CC1. The van der Waals surface area contributed by atoms with E-state index in [0.717, 1.165) is 37.8 Å². The van der Waals surface area contributed by atoms with Crippen LogP contribution in [0, 0.1) is 0 Å². The van der Waals surface area contributed by atoms with Crippen LogP contribution in [0.15, 0.2) is 48.7 Å². The van der Waals surface area contributed by atoms with E-state index >= 15 is 0 Å². The summed E-state index contributed by atoms with van der Waals surface area (Å²) >= 11 is 0. The number of nitrogens with one attached hydrogen (secondary N) is 1. The lowest BCUT2D eigenvalue weighted by molar-refractivity contribution is -0.136. The third-order valence-corrected chi connectivity index (χ3v) is 4.78. The zero-order chi connectivity index (χ0) is 19.4. The predicted molar refractivity (Wildman–Crippen MR) is 97.7 cm³/mol. The topological polar surface area (TPSA) is 48.5 Å². The maximum atomic E-state index is 13.1. The number of carbonyl (C=O) groups is 1. The second-order valence-corrected chi connectivity index (χ2v) is 6.49. The summed E-state index contributed by atoms with van der Waals surface area (Å²) in [6.45, 7) is 1.47. The minimum atomic E-state index is -4.52. The first-order chi connectivity index (χ1) is 12.9. The van der Waals surface area contributed by atoms with Gasteiger partial charge in [-0.25, -0.2) is 9.78 Å². The number of piperidine rings is 1. The molecule has 2 heterocycles. The number of para-hydroxylation sites is 1. The average Bonchev–Trinajstić information content (AvgIpc) is 2.68. The number of anilines is 2. The number of nitrogens with zero attached hydrogens (tertiary/aromatic N) is 3. The number of hydrogen-bond donors (Lipinski definition) is 1. The third kappa shape index (κ3) is 4.50. The predicted octanol–water partition coefficient (Wildman–Crippen LogP) is 4.23. The number of carbonyl (C=O) groups excluding carboxylic acids is 1. The summed E-state index contributed by atoms with van der Waals surface area (Å²) in [4.78, 5) is 20.4. The van der Waals surface area contributed by atoms with Gasteiger partial charge < -0.3 is 15.1 Å². The fourth-order valence-corrected chi connectivity index (χ4v) is 3.23. The van der Waals surface area contributed by atoms with Gasteiger partial charge in [0.25, 0.3) is 0 Å². The maximum Gasteiger partial charge on any atom is 0.418 e. The molecule has 0 spiro atoms. The first-order valence-corrected chi connectivity index (χ1v) is 8.72. The molecule has 0 aliphatic carbocycles. The lowest BCUT2D eigenvalue weighted by atomic mass is 10.0. The first kappa shape index (κ1) is 19.0. The van der Waals surface area contributed by atoms with Crippen molar-refractivity contribution in [1.82, 2.24) is 9.88 Å². The van der Waals surface area contributed by atoms with Crippen LogP contribution in [0.2, 0.25) is 0 Å². The molecule has 27 heavy (non-hydrogen) atoms. The van der Waals surface area contributed by atoms with Gasteiger partial charge in [-0.15, -0.1) is 0 Å². The van der Waals surface area contributed by atoms with Gasteiger partial charge in [-0.05, 0) is 37.1 Å². The van der Waals surface area contributed by atoms with Crippen molar-refractivity contribution < 1.29 is 18.0 Å². The van der Waals surface area contributed by atoms with Crippen LogP contribution in [0.3, 0.4) is 0 Å². The molecule has 1 N–H and O–H groups in total. The molecule has 0 atom stereocenters. The molecule has 1 aromatic heterocycles. The molecule has 1 aromatic carbocycles. The van der Waals surface area contributed by atoms with Gasteiger partial charge in [-0.2, -0.15) is 13.2 Å². The highest BCUT2D eigenvalue weighted by molar-refractivity contribution is 5.90. The van der Waals surface area contributed by atoms with Crippen molar-refractivity contribution in [1.29, 1.82) is 0 Å². The van der Waals surface area contributed by atoms with Gasteiger partial charge in [-0.3, -0.25) is 0 Å². The molecule has 1 fully saturated rings. The van der Waals surface area contributed by atoms with Crippen molar-refractivity contribution in [3.63, 3.8) is 0 Å². The Morgan fingerprint density at radius 1 is 1.15 bits per heavy atom. The molecule has 144 valence electrons. The number of amides is 2. The summed E-state index contributed by atoms with van der Waals surface area (Å²) in [5.41, 5.74) is -1.08. The van der Waals surface area contributed by atoms with E-state index in [4.69, 9.17) is 0 Å². The molecular formula is C19H21F3N4O. The number of halogens is 3. The van der Waals surface area contributed by atoms with E-state index in [2.05, 4.69) is 15.2 Å². The lowest BCUT2D eigenvalue weighted by Crippen LogP contribution is -2.47. The Balaban J connectivity index is 1.61. The second kappa shape index (κ2) is 7.85. The minimum Gasteiger partial charge on any atom is -0.356 e. The maximum absolute atomic E-state index is 13.1. The summed E-state index contributed by atoms with van der Waals surface area (Å²) in [7, 11) is 1.62. The molecule has 2 amide bonds. The highest BCUT2D eigenvalue weighted by Crippen LogP contribution is 2.34. The third-order valence-electron chi connectivity index (χ3n) is 4.78. The number of urea groups is 1. The van der Waals surface area contributed by atoms with Crippen LogP contribution in [0.1, 0.15) is 18.4 Å². The van der Waals surface area contributed by atoms with Crippen LogP contribution in [-0.2, 0) is 6.18 Å². The van der Waals surface area contributed by atoms with Gasteiger partial charge in [0.15, 0.2) is 0 Å². The largest absolute Gasteiger partial charge is 0.418 e. The van der Waals surface area contributed by atoms with E-state index < -0.39 is 17.8 Å². The van der Waals surface area contributed by atoms with E-state index in [1.165, 1.54) is 23.1 Å². The number of aromatic nitrogens is 1. The standard InChI is InChI=1S/C19H21F3N4O/c1-25(14-9-12-26(13-10-14)17-8-4-5-11-23-17)18(27)24-16-7-3-2-6-15(16)19(20,21)22/h2-8,11,14H,9-10,12-13H2,1H3,(H,24,27). The van der Waals surface area contributed by atoms with Crippen LogP contribution < -0.4 is 10.2 Å². The van der Waals surface area contributed by atoms with E-state index in [9.17, 15) is 18.0 Å². The molecule has 0 unspecified atom stereocenters. The summed E-state index contributed by atoms with van der Waals surface area (Å²) in [5.74, 6) is 0.891. The lowest BCUT2D eigenvalue weighted by Gasteiger charge is -2.37. The van der Waals surface area contributed by atoms with Crippen molar-refractivity contribution in [3.8, 4) is 0 Å². The first-order valence-electron chi connectivity index (χ1n) is 8.72. The number of hydrogen-bond acceptors (Lipinski definition) is 3. The molecule has 1 saturated heterocycles. The Kier molecular flexibility index (Phi) is 5.53. The van der Waals surface area contributed by atoms with Crippen LogP contribution in [0.25, 0.3) is 0 Å². The number of alkyl halides is 3. The van der Waals surface area contributed by atoms with E-state index in [1.54, 1.807) is 13.2 Å². The van der Waals surface area contributed by atoms with Crippen molar-refractivity contribution in [2.75, 3.05) is 30.4 Å². The highest BCUT2D eigenvalue weighted by atomic mass is 19.4. The zero-order valence-electron chi connectivity index (χ0n) is 14.9. The molecule has 3 rings (SSSR count). The molecule has 1 aliphatic rings. The van der Waals surface area contributed by atoms with Crippen molar-refractivity contribution in [2.45, 2.75) is 25.1 Å². The van der Waals surface area contributed by atoms with E-state index in [0.29, 0.717) is 0 Å². The Morgan fingerprint density at radius 3 is 2.44 bits per heavy atom. The quantitative estimate of drug-likeness (QED) is 0.869. The number of pyridine rings is 1. The minimum absolute atomic E-state index is 0.0389. The molecule has 8 heteroatoms. The molecule has 5 nitrogen and oxygen atoms in total. The fraction of sp³-hybridized carbons (Fsp3) is 0.368. The smallest absolute Gasteiger partial charge is 0.356 e. The summed E-state index contributed by atoms with van der Waals surface area (Å²) < 4.78 is 39.2. The highest BCUT2D eigenvalue weighted by Gasteiger charge is 2.34. The second-order valence-electron chi connectivity index (χ2n) is 6.49. The molecule has 0 saturated carbocycles. The Labute approximate surface area is 155 Å². The Hall–Kier alpha value is -2.77. The monoisotopic (exact) mass is 378 g/mol. The summed E-state index contributed by atoms with van der Waals surface area (Å²) in [6.07, 6.45) is -1.33. The Bertz CT molecular complexity index is 774. The van der Waals surface area contributed by atoms with Crippen molar-refractivity contribution in [2.24, 2.45) is 0 Å². The summed E-state index contributed by atoms with van der Waals surface area (Å²) in [6, 6.07) is 10.1. The molecule has 1 aliphatic heterocycles. The Morgan fingerprint density at radius 2 is 1.81 bits per heavy atom. The van der Waals surface area contributed by atoms with Gasteiger partial charge in [0.05, 0.1) is 11.3 Å². The van der Waals surface area contributed by atoms with Crippen LogP contribution >= 0.6 is 0 Å².